The SMILES string of the molecule is CCCCS(=O)(=O)N1C(SCc2ccc(OC)cc2)=NC(C)(c2cccc([N+](=O)[O-])c2)C(C)(C(=O)O)C1c1cccc([N+](=O)[O-])c1. The highest BCUT2D eigenvalue weighted by atomic mass is 32.2. The largest absolute Gasteiger partial charge is 0.497 e. The Hall–Kier alpha value is -4.50. The van der Waals surface area contributed by atoms with Crippen molar-refractivity contribution in [2.24, 2.45) is 10.4 Å². The van der Waals surface area contributed by atoms with E-state index in [0.717, 1.165) is 21.6 Å². The summed E-state index contributed by atoms with van der Waals surface area (Å²) >= 11 is 1.06. The molecule has 1 aliphatic rings. The molecule has 4 rings (SSSR count). The number of unbranched alkanes of at least 4 members (excludes halogenated alkanes) is 1. The number of hydrogen-bond acceptors (Lipinski definition) is 10. The summed E-state index contributed by atoms with van der Waals surface area (Å²) in [5.41, 5.74) is -3.57. The quantitative estimate of drug-likeness (QED) is 0.170. The normalized spacial score (nSPS) is 21.3. The molecule has 0 radical (unpaired) electrons. The highest BCUT2D eigenvalue weighted by Gasteiger charge is 2.64. The van der Waals surface area contributed by atoms with E-state index >= 15 is 0 Å². The van der Waals surface area contributed by atoms with Gasteiger partial charge < -0.3 is 9.84 Å². The van der Waals surface area contributed by atoms with Crippen molar-refractivity contribution in [1.29, 1.82) is 0 Å². The number of thioether (sulfide) groups is 1. The third kappa shape index (κ3) is 6.42. The number of rotatable bonds is 12. The van der Waals surface area contributed by atoms with Crippen molar-refractivity contribution >= 4 is 44.3 Å². The molecule has 0 bridgehead atoms. The number of nitro benzene ring substituents is 2. The Kier molecular flexibility index (Phi) is 10.1. The number of nitro groups is 2. The van der Waals surface area contributed by atoms with E-state index in [1.807, 2.05) is 6.92 Å². The summed E-state index contributed by atoms with van der Waals surface area (Å²) in [6.45, 7) is 4.64. The minimum atomic E-state index is -4.28. The van der Waals surface area contributed by atoms with E-state index in [4.69, 9.17) is 9.73 Å². The minimum absolute atomic E-state index is 0.0452. The van der Waals surface area contributed by atoms with E-state index in [-0.39, 0.29) is 45.6 Å². The van der Waals surface area contributed by atoms with Gasteiger partial charge >= 0.3 is 5.97 Å². The van der Waals surface area contributed by atoms with Crippen molar-refractivity contribution in [3.05, 3.63) is 110 Å². The molecule has 244 valence electrons. The van der Waals surface area contributed by atoms with Crippen molar-refractivity contribution in [1.82, 2.24) is 4.31 Å². The maximum absolute atomic E-state index is 14.3. The van der Waals surface area contributed by atoms with Crippen molar-refractivity contribution < 1.29 is 32.9 Å². The van der Waals surface area contributed by atoms with Crippen molar-refractivity contribution in [2.45, 2.75) is 50.9 Å². The molecule has 1 N–H and O–H groups in total. The standard InChI is InChI=1S/C31H34N4O9S2/c1-5-6-17-46(42,43)33-27(22-9-7-11-24(18-22)34(38)39)30(2,28(36)37)31(3,23-10-8-12-25(19-23)35(40)41)32-29(33)45-20-21-13-15-26(44-4)16-14-21/h7-16,18-19,27H,5-6,17,20H2,1-4H3,(H,36,37). The molecule has 0 saturated carbocycles. The number of methoxy groups -OCH3 is 1. The zero-order chi connectivity index (χ0) is 33.9. The Morgan fingerprint density at radius 1 is 1.02 bits per heavy atom. The van der Waals surface area contributed by atoms with Gasteiger partial charge in [0, 0.05) is 30.0 Å². The first-order valence-electron chi connectivity index (χ1n) is 14.3. The first kappa shape index (κ1) is 34.4. The zero-order valence-corrected chi connectivity index (χ0v) is 27.3. The molecule has 13 nitrogen and oxygen atoms in total. The maximum Gasteiger partial charge on any atom is 0.314 e. The van der Waals surface area contributed by atoms with Crippen molar-refractivity contribution in [2.75, 3.05) is 12.9 Å². The number of nitrogens with zero attached hydrogens (tertiary/aromatic N) is 4. The van der Waals surface area contributed by atoms with Gasteiger partial charge in [-0.3, -0.25) is 25.0 Å². The fraction of sp³-hybridized carbons (Fsp3) is 0.355. The summed E-state index contributed by atoms with van der Waals surface area (Å²) in [4.78, 5) is 40.7. The van der Waals surface area contributed by atoms with Crippen LogP contribution in [0.3, 0.4) is 0 Å². The monoisotopic (exact) mass is 670 g/mol. The fourth-order valence-electron chi connectivity index (χ4n) is 5.53. The summed E-state index contributed by atoms with van der Waals surface area (Å²) in [5, 5.41) is 34.6. The summed E-state index contributed by atoms with van der Waals surface area (Å²) in [6, 6.07) is 16.2. The second kappa shape index (κ2) is 13.5. The van der Waals surface area contributed by atoms with Crippen LogP contribution in [0.1, 0.15) is 56.3 Å². The van der Waals surface area contributed by atoms with Crippen LogP contribution in [0.2, 0.25) is 0 Å². The molecule has 46 heavy (non-hydrogen) atoms. The van der Waals surface area contributed by atoms with Gasteiger partial charge in [0.25, 0.3) is 11.4 Å². The smallest absolute Gasteiger partial charge is 0.314 e. The van der Waals surface area contributed by atoms with Gasteiger partial charge in [-0.15, -0.1) is 0 Å². The Labute approximate surface area is 270 Å². The third-order valence-electron chi connectivity index (χ3n) is 8.34. The third-order valence-corrected chi connectivity index (χ3v) is 11.3. The molecule has 3 aromatic carbocycles. The van der Waals surface area contributed by atoms with Gasteiger partial charge in [0.1, 0.15) is 16.7 Å². The summed E-state index contributed by atoms with van der Waals surface area (Å²) in [6.07, 6.45) is 0.796. The minimum Gasteiger partial charge on any atom is -0.497 e. The Morgan fingerprint density at radius 3 is 2.20 bits per heavy atom. The molecule has 3 unspecified atom stereocenters. The molecule has 3 aromatic rings. The number of amidine groups is 1. The fourth-order valence-corrected chi connectivity index (χ4v) is 8.78. The van der Waals surface area contributed by atoms with E-state index in [1.54, 1.807) is 24.3 Å². The van der Waals surface area contributed by atoms with Crippen LogP contribution in [-0.4, -0.2) is 51.7 Å². The van der Waals surface area contributed by atoms with Crippen molar-refractivity contribution in [3.63, 3.8) is 0 Å². The molecule has 15 heteroatoms. The topological polar surface area (TPSA) is 183 Å². The van der Waals surface area contributed by atoms with Crippen LogP contribution < -0.4 is 4.74 Å². The van der Waals surface area contributed by atoms with Crippen LogP contribution in [0.4, 0.5) is 11.4 Å². The lowest BCUT2D eigenvalue weighted by Gasteiger charge is -2.53. The number of non-ortho nitro benzene ring substituents is 2. The maximum atomic E-state index is 14.3. The summed E-state index contributed by atoms with van der Waals surface area (Å²) < 4.78 is 34.7. The lowest BCUT2D eigenvalue weighted by atomic mass is 9.61. The molecular weight excluding hydrogens is 636 g/mol. The van der Waals surface area contributed by atoms with Crippen molar-refractivity contribution in [3.8, 4) is 5.75 Å². The summed E-state index contributed by atoms with van der Waals surface area (Å²) in [5.74, 6) is -0.940. The zero-order valence-electron chi connectivity index (χ0n) is 25.7. The molecule has 0 aliphatic carbocycles. The van der Waals surface area contributed by atoms with Gasteiger partial charge in [-0.1, -0.05) is 61.5 Å². The molecule has 1 heterocycles. The summed E-state index contributed by atoms with van der Waals surface area (Å²) in [7, 11) is -2.75. The predicted molar refractivity (Wildman–Crippen MR) is 174 cm³/mol. The van der Waals surface area contributed by atoms with Crippen LogP contribution in [0, 0.1) is 25.6 Å². The lowest BCUT2D eigenvalue weighted by Crippen LogP contribution is -2.61. The average molecular weight is 671 g/mol. The molecule has 0 aromatic heterocycles. The van der Waals surface area contributed by atoms with Crippen LogP contribution in [-0.2, 0) is 26.1 Å². The van der Waals surface area contributed by atoms with Gasteiger partial charge in [-0.25, -0.2) is 17.7 Å². The van der Waals surface area contributed by atoms with Gasteiger partial charge in [-0.05, 0) is 49.1 Å². The van der Waals surface area contributed by atoms with Crippen LogP contribution in [0.15, 0.2) is 77.8 Å². The highest BCUT2D eigenvalue weighted by Crippen LogP contribution is 2.58. The Bertz CT molecular complexity index is 1780. The van der Waals surface area contributed by atoms with E-state index in [2.05, 4.69) is 0 Å². The lowest BCUT2D eigenvalue weighted by molar-refractivity contribution is -0.385. The van der Waals surface area contributed by atoms with E-state index < -0.39 is 42.8 Å². The molecule has 1 aliphatic heterocycles. The molecular formula is C31H34N4O9S2. The first-order valence-corrected chi connectivity index (χ1v) is 16.9. The Balaban J connectivity index is 2.07. The highest BCUT2D eigenvalue weighted by molar-refractivity contribution is 8.14. The predicted octanol–water partition coefficient (Wildman–Crippen LogP) is 6.29. The number of benzene rings is 3. The number of ether oxygens (including phenoxy) is 1. The van der Waals surface area contributed by atoms with E-state index in [1.165, 1.54) is 69.5 Å². The second-order valence-corrected chi connectivity index (χ2v) is 14.0. The molecule has 0 spiro atoms. The molecule has 0 amide bonds. The molecule has 0 fully saturated rings. The first-order chi connectivity index (χ1) is 21.7. The second-order valence-electron chi connectivity index (χ2n) is 11.1. The number of carbonyl (C=O) groups is 1. The number of sulfonamides is 1. The van der Waals surface area contributed by atoms with Crippen LogP contribution in [0.5, 0.6) is 5.75 Å². The van der Waals surface area contributed by atoms with Crippen LogP contribution in [0.25, 0.3) is 0 Å². The number of carboxylic acid groups (broad SMARTS) is 1. The van der Waals surface area contributed by atoms with E-state index in [9.17, 15) is 38.5 Å². The van der Waals surface area contributed by atoms with Gasteiger partial charge in [0.15, 0.2) is 5.17 Å². The van der Waals surface area contributed by atoms with Gasteiger partial charge in [0.05, 0.1) is 28.8 Å². The number of hydrogen-bond donors (Lipinski definition) is 1. The molecule has 3 atom stereocenters. The van der Waals surface area contributed by atoms with Gasteiger partial charge in [0.2, 0.25) is 10.0 Å². The number of aliphatic carboxylic acids is 1. The average Bonchev–Trinajstić information content (AvgIpc) is 3.04. The molecule has 0 saturated heterocycles. The van der Waals surface area contributed by atoms with Gasteiger partial charge in [-0.2, -0.15) is 0 Å². The number of carboxylic acids is 1. The Morgan fingerprint density at radius 2 is 1.63 bits per heavy atom. The number of aliphatic imine (C=N–C) groups is 1. The van der Waals surface area contributed by atoms with E-state index in [0.29, 0.717) is 12.2 Å². The van der Waals surface area contributed by atoms with Crippen LogP contribution >= 0.6 is 11.8 Å².